The Morgan fingerprint density at radius 2 is 2.32 bits per heavy atom. The van der Waals surface area contributed by atoms with E-state index in [2.05, 4.69) is 10.1 Å². The first-order valence-corrected chi connectivity index (χ1v) is 6.23. The van der Waals surface area contributed by atoms with E-state index in [-0.39, 0.29) is 11.7 Å². The second-order valence-electron chi connectivity index (χ2n) is 4.90. The van der Waals surface area contributed by atoms with E-state index in [0.717, 1.165) is 12.1 Å². The molecule has 0 radical (unpaired) electrons. The zero-order valence-corrected chi connectivity index (χ0v) is 10.9. The third-order valence-corrected chi connectivity index (χ3v) is 3.69. The van der Waals surface area contributed by atoms with E-state index in [9.17, 15) is 4.79 Å². The minimum Gasteiger partial charge on any atom is -0.409 e. The molecule has 0 atom stereocenters. The van der Waals surface area contributed by atoms with Crippen molar-refractivity contribution in [2.24, 2.45) is 16.3 Å². The van der Waals surface area contributed by atoms with Crippen molar-refractivity contribution in [1.29, 1.82) is 0 Å². The summed E-state index contributed by atoms with van der Waals surface area (Å²) in [4.78, 5) is 18.2. The molecule has 0 bridgehead atoms. The highest BCUT2D eigenvalue weighted by Gasteiger charge is 2.49. The Labute approximate surface area is 111 Å². The summed E-state index contributed by atoms with van der Waals surface area (Å²) in [5.74, 6) is -0.101. The first-order chi connectivity index (χ1) is 9.10. The van der Waals surface area contributed by atoms with Gasteiger partial charge in [0, 0.05) is 13.2 Å². The van der Waals surface area contributed by atoms with Gasteiger partial charge in [-0.3, -0.25) is 9.78 Å². The Morgan fingerprint density at radius 1 is 1.58 bits per heavy atom. The second kappa shape index (κ2) is 5.26. The fraction of sp³-hybridized carbons (Fsp3) is 0.462. The van der Waals surface area contributed by atoms with Crippen LogP contribution in [-0.2, 0) is 11.3 Å². The van der Waals surface area contributed by atoms with Gasteiger partial charge in [0.1, 0.15) is 5.41 Å². The number of amidine groups is 1. The molecule has 102 valence electrons. The molecule has 1 amide bonds. The molecule has 3 N–H and O–H groups in total. The number of nitrogens with two attached hydrogens (primary N) is 1. The van der Waals surface area contributed by atoms with Gasteiger partial charge >= 0.3 is 0 Å². The lowest BCUT2D eigenvalue weighted by Gasteiger charge is -2.41. The highest BCUT2D eigenvalue weighted by molar-refractivity contribution is 6.07. The standard InChI is InChI=1S/C13H18N4O2/c1-17(9-10-5-2-3-8-15-10)12(18)13(6-4-7-13)11(14)16-19/h2-3,5,8,19H,4,6-7,9H2,1H3,(H2,14,16). The average molecular weight is 262 g/mol. The van der Waals surface area contributed by atoms with E-state index in [1.807, 2.05) is 18.2 Å². The van der Waals surface area contributed by atoms with Gasteiger partial charge in [0.25, 0.3) is 0 Å². The lowest BCUT2D eigenvalue weighted by atomic mass is 9.67. The molecule has 0 saturated heterocycles. The topological polar surface area (TPSA) is 91.8 Å². The summed E-state index contributed by atoms with van der Waals surface area (Å²) in [5.41, 5.74) is 5.67. The largest absolute Gasteiger partial charge is 0.409 e. The number of hydrogen-bond donors (Lipinski definition) is 2. The van der Waals surface area contributed by atoms with Crippen LogP contribution in [0.4, 0.5) is 0 Å². The van der Waals surface area contributed by atoms with Gasteiger partial charge in [0.2, 0.25) is 5.91 Å². The van der Waals surface area contributed by atoms with Gasteiger partial charge in [0.15, 0.2) is 5.84 Å². The van der Waals surface area contributed by atoms with Crippen LogP contribution in [0.15, 0.2) is 29.6 Å². The fourth-order valence-corrected chi connectivity index (χ4v) is 2.38. The molecule has 6 nitrogen and oxygen atoms in total. The van der Waals surface area contributed by atoms with Crippen molar-refractivity contribution in [1.82, 2.24) is 9.88 Å². The van der Waals surface area contributed by atoms with Crippen molar-refractivity contribution in [3.05, 3.63) is 30.1 Å². The molecule has 1 saturated carbocycles. The number of pyridine rings is 1. The SMILES string of the molecule is CN(Cc1ccccn1)C(=O)C1(/C(N)=N/O)CCC1. The quantitative estimate of drug-likeness (QED) is 0.366. The molecular formula is C13H18N4O2. The van der Waals surface area contributed by atoms with Crippen molar-refractivity contribution < 1.29 is 10.0 Å². The van der Waals surface area contributed by atoms with Crippen LogP contribution in [0.3, 0.4) is 0 Å². The minimum absolute atomic E-state index is 0.0108. The summed E-state index contributed by atoms with van der Waals surface area (Å²) >= 11 is 0. The van der Waals surface area contributed by atoms with Crippen molar-refractivity contribution >= 4 is 11.7 Å². The van der Waals surface area contributed by atoms with Crippen LogP contribution < -0.4 is 5.73 Å². The summed E-state index contributed by atoms with van der Waals surface area (Å²) in [7, 11) is 1.71. The molecule has 1 fully saturated rings. The summed E-state index contributed by atoms with van der Waals surface area (Å²) in [6.07, 6.45) is 3.87. The van der Waals surface area contributed by atoms with E-state index in [0.29, 0.717) is 19.4 Å². The number of carbonyl (C=O) groups is 1. The van der Waals surface area contributed by atoms with Crippen LogP contribution in [0.25, 0.3) is 0 Å². The Balaban J connectivity index is 2.11. The average Bonchev–Trinajstić information content (AvgIpc) is 2.38. The van der Waals surface area contributed by atoms with E-state index < -0.39 is 5.41 Å². The number of rotatable bonds is 4. The Bertz CT molecular complexity index is 483. The van der Waals surface area contributed by atoms with Gasteiger partial charge in [-0.25, -0.2) is 0 Å². The maximum absolute atomic E-state index is 12.5. The Hall–Kier alpha value is -2.11. The van der Waals surface area contributed by atoms with E-state index in [1.165, 1.54) is 0 Å². The van der Waals surface area contributed by atoms with Gasteiger partial charge in [-0.1, -0.05) is 17.6 Å². The van der Waals surface area contributed by atoms with E-state index in [4.69, 9.17) is 10.9 Å². The van der Waals surface area contributed by atoms with Crippen LogP contribution >= 0.6 is 0 Å². The normalized spacial score (nSPS) is 17.6. The van der Waals surface area contributed by atoms with Gasteiger partial charge < -0.3 is 15.8 Å². The van der Waals surface area contributed by atoms with Crippen molar-refractivity contribution in [2.75, 3.05) is 7.05 Å². The fourth-order valence-electron chi connectivity index (χ4n) is 2.38. The number of carbonyl (C=O) groups excluding carboxylic acids is 1. The first kappa shape index (κ1) is 13.3. The van der Waals surface area contributed by atoms with Gasteiger partial charge in [-0.15, -0.1) is 0 Å². The molecule has 1 aromatic heterocycles. The van der Waals surface area contributed by atoms with Crippen molar-refractivity contribution in [2.45, 2.75) is 25.8 Å². The first-order valence-electron chi connectivity index (χ1n) is 6.23. The molecule has 2 rings (SSSR count). The second-order valence-corrected chi connectivity index (χ2v) is 4.90. The van der Waals surface area contributed by atoms with Crippen LogP contribution in [0.1, 0.15) is 25.0 Å². The molecular weight excluding hydrogens is 244 g/mol. The monoisotopic (exact) mass is 262 g/mol. The molecule has 0 spiro atoms. The molecule has 0 unspecified atom stereocenters. The number of nitrogens with zero attached hydrogens (tertiary/aromatic N) is 3. The van der Waals surface area contributed by atoms with Crippen molar-refractivity contribution in [3.8, 4) is 0 Å². The maximum atomic E-state index is 12.5. The Kier molecular flexibility index (Phi) is 3.69. The summed E-state index contributed by atoms with van der Waals surface area (Å²) in [6, 6.07) is 5.57. The third kappa shape index (κ3) is 2.38. The van der Waals surface area contributed by atoms with Gasteiger partial charge in [0.05, 0.1) is 12.2 Å². The summed E-state index contributed by atoms with van der Waals surface area (Å²) in [5, 5.41) is 11.9. The molecule has 1 heterocycles. The number of oxime groups is 1. The summed E-state index contributed by atoms with van der Waals surface area (Å²) < 4.78 is 0. The lowest BCUT2D eigenvalue weighted by Crippen LogP contribution is -2.54. The number of amides is 1. The zero-order chi connectivity index (χ0) is 13.9. The highest BCUT2D eigenvalue weighted by atomic mass is 16.4. The van der Waals surface area contributed by atoms with Crippen molar-refractivity contribution in [3.63, 3.8) is 0 Å². The summed E-state index contributed by atoms with van der Waals surface area (Å²) in [6.45, 7) is 0.417. The molecule has 0 aromatic carbocycles. The molecule has 6 heteroatoms. The molecule has 1 aromatic rings. The van der Waals surface area contributed by atoms with Crippen LogP contribution in [0, 0.1) is 5.41 Å². The van der Waals surface area contributed by atoms with Crippen LogP contribution in [0.5, 0.6) is 0 Å². The highest BCUT2D eigenvalue weighted by Crippen LogP contribution is 2.42. The lowest BCUT2D eigenvalue weighted by molar-refractivity contribution is -0.141. The predicted molar refractivity (Wildman–Crippen MR) is 70.4 cm³/mol. The Morgan fingerprint density at radius 3 is 2.79 bits per heavy atom. The maximum Gasteiger partial charge on any atom is 0.236 e. The number of aromatic nitrogens is 1. The van der Waals surface area contributed by atoms with Gasteiger partial charge in [-0.05, 0) is 25.0 Å². The van der Waals surface area contributed by atoms with E-state index >= 15 is 0 Å². The van der Waals surface area contributed by atoms with E-state index in [1.54, 1.807) is 18.1 Å². The minimum atomic E-state index is -0.821. The third-order valence-electron chi connectivity index (χ3n) is 3.69. The number of hydrogen-bond acceptors (Lipinski definition) is 4. The smallest absolute Gasteiger partial charge is 0.236 e. The van der Waals surface area contributed by atoms with Crippen LogP contribution in [0.2, 0.25) is 0 Å². The predicted octanol–water partition coefficient (Wildman–Crippen LogP) is 0.957. The molecule has 19 heavy (non-hydrogen) atoms. The van der Waals surface area contributed by atoms with Gasteiger partial charge in [-0.2, -0.15) is 0 Å². The molecule has 0 aliphatic heterocycles. The molecule has 1 aliphatic rings. The molecule has 1 aliphatic carbocycles. The van der Waals surface area contributed by atoms with Crippen LogP contribution in [-0.4, -0.2) is 33.9 Å². The zero-order valence-electron chi connectivity index (χ0n) is 10.9.